The van der Waals surface area contributed by atoms with Crippen LogP contribution in [0.3, 0.4) is 0 Å². The predicted octanol–water partition coefficient (Wildman–Crippen LogP) is 3.46. The highest BCUT2D eigenvalue weighted by Gasteiger charge is 2.64. The van der Waals surface area contributed by atoms with E-state index in [1.165, 1.54) is 32.1 Å². The molecule has 2 nitrogen and oxygen atoms in total. The van der Waals surface area contributed by atoms with E-state index in [0.29, 0.717) is 22.7 Å². The molecule has 3 saturated carbocycles. The van der Waals surface area contributed by atoms with Crippen molar-refractivity contribution in [3.8, 4) is 0 Å². The summed E-state index contributed by atoms with van der Waals surface area (Å²) in [5, 5.41) is 20.3. The lowest BCUT2D eigenvalue weighted by Crippen LogP contribution is -2.53. The standard InChI is InChI=1S/C17H30O2S/c1-15(2)10-14(20-9-8-18)17-7-5-13(19)16(3,11-17)6-4-12(15)17/h12-14,18-19H,4-11H2,1-3H3/t12-,13+,14-,16+,17+/m0/s1. The van der Waals surface area contributed by atoms with Gasteiger partial charge in [-0.15, -0.1) is 0 Å². The van der Waals surface area contributed by atoms with E-state index in [0.717, 1.165) is 18.1 Å². The van der Waals surface area contributed by atoms with E-state index in [2.05, 4.69) is 20.8 Å². The average Bonchev–Trinajstić information content (AvgIpc) is 2.59. The summed E-state index contributed by atoms with van der Waals surface area (Å²) in [7, 11) is 0. The number of fused-ring (bicyclic) bond motifs is 1. The van der Waals surface area contributed by atoms with Crippen molar-refractivity contribution in [2.75, 3.05) is 12.4 Å². The van der Waals surface area contributed by atoms with E-state index >= 15 is 0 Å². The van der Waals surface area contributed by atoms with Crippen LogP contribution in [-0.2, 0) is 0 Å². The highest BCUT2D eigenvalue weighted by Crippen LogP contribution is 2.70. The van der Waals surface area contributed by atoms with Crippen LogP contribution < -0.4 is 0 Å². The van der Waals surface area contributed by atoms with Gasteiger partial charge in [0.2, 0.25) is 0 Å². The Bertz CT molecular complexity index is 383. The van der Waals surface area contributed by atoms with Gasteiger partial charge in [-0.1, -0.05) is 20.8 Å². The SMILES string of the molecule is CC1(C)C[C@H](SCCO)[C@@]23CC[C@@H](O)[C@](C)(CC[C@@H]12)C3. The molecule has 116 valence electrons. The first-order chi connectivity index (χ1) is 9.34. The fourth-order valence-electron chi connectivity index (χ4n) is 5.94. The Morgan fingerprint density at radius 1 is 1.15 bits per heavy atom. The molecule has 3 aliphatic rings. The quantitative estimate of drug-likeness (QED) is 0.838. The molecule has 3 aliphatic carbocycles. The first kappa shape index (κ1) is 15.2. The molecule has 0 aromatic rings. The molecule has 0 aliphatic heterocycles. The fraction of sp³-hybridized carbons (Fsp3) is 1.00. The van der Waals surface area contributed by atoms with Gasteiger partial charge in [-0.3, -0.25) is 0 Å². The van der Waals surface area contributed by atoms with Gasteiger partial charge < -0.3 is 10.2 Å². The topological polar surface area (TPSA) is 40.5 Å². The molecule has 20 heavy (non-hydrogen) atoms. The minimum atomic E-state index is -0.0960. The predicted molar refractivity (Wildman–Crippen MR) is 84.9 cm³/mol. The molecule has 0 amide bonds. The molecule has 3 heteroatoms. The summed E-state index contributed by atoms with van der Waals surface area (Å²) in [6.07, 6.45) is 7.06. The van der Waals surface area contributed by atoms with Gasteiger partial charge in [-0.25, -0.2) is 0 Å². The summed E-state index contributed by atoms with van der Waals surface area (Å²) in [6, 6.07) is 0. The second-order valence-corrected chi connectivity index (χ2v) is 9.80. The lowest BCUT2D eigenvalue weighted by atomic mass is 9.49. The van der Waals surface area contributed by atoms with E-state index in [1.54, 1.807) is 0 Å². The van der Waals surface area contributed by atoms with Crippen LogP contribution in [-0.4, -0.2) is 33.9 Å². The summed E-state index contributed by atoms with van der Waals surface area (Å²) in [6.45, 7) is 7.51. The Hall–Kier alpha value is 0.270. The van der Waals surface area contributed by atoms with Gasteiger partial charge in [0.25, 0.3) is 0 Å². The fourth-order valence-corrected chi connectivity index (χ4v) is 7.57. The molecule has 3 fully saturated rings. The third kappa shape index (κ3) is 2.07. The van der Waals surface area contributed by atoms with E-state index in [-0.39, 0.29) is 11.5 Å². The van der Waals surface area contributed by atoms with Gasteiger partial charge in [-0.2, -0.15) is 11.8 Å². The van der Waals surface area contributed by atoms with E-state index < -0.39 is 0 Å². The maximum absolute atomic E-state index is 10.4. The highest BCUT2D eigenvalue weighted by atomic mass is 32.2. The Kier molecular flexibility index (Phi) is 3.71. The highest BCUT2D eigenvalue weighted by molar-refractivity contribution is 7.99. The van der Waals surface area contributed by atoms with Gasteiger partial charge in [0, 0.05) is 11.0 Å². The molecule has 0 saturated heterocycles. The van der Waals surface area contributed by atoms with Gasteiger partial charge in [0.1, 0.15) is 0 Å². The number of hydrogen-bond acceptors (Lipinski definition) is 3. The number of aliphatic hydroxyl groups excluding tert-OH is 2. The molecular formula is C17H30O2S. The maximum atomic E-state index is 10.4. The number of rotatable bonds is 3. The van der Waals surface area contributed by atoms with Crippen molar-refractivity contribution in [2.24, 2.45) is 22.2 Å². The van der Waals surface area contributed by atoms with Crippen LogP contribution >= 0.6 is 11.8 Å². The molecule has 0 unspecified atom stereocenters. The average molecular weight is 298 g/mol. The molecule has 5 atom stereocenters. The maximum Gasteiger partial charge on any atom is 0.0594 e. The van der Waals surface area contributed by atoms with E-state index in [9.17, 15) is 10.2 Å². The van der Waals surface area contributed by atoms with Gasteiger partial charge in [-0.05, 0) is 60.7 Å². The molecule has 2 N–H and O–H groups in total. The Balaban J connectivity index is 1.92. The van der Waals surface area contributed by atoms with Crippen LogP contribution in [0.2, 0.25) is 0 Å². The van der Waals surface area contributed by atoms with Crippen molar-refractivity contribution in [3.05, 3.63) is 0 Å². The lowest BCUT2D eigenvalue weighted by Gasteiger charge is -2.58. The number of aliphatic hydroxyl groups is 2. The molecule has 1 spiro atoms. The van der Waals surface area contributed by atoms with Crippen LogP contribution in [0.1, 0.15) is 59.3 Å². The van der Waals surface area contributed by atoms with Crippen molar-refractivity contribution in [1.29, 1.82) is 0 Å². The number of thioether (sulfide) groups is 1. The monoisotopic (exact) mass is 298 g/mol. The van der Waals surface area contributed by atoms with Crippen LogP contribution in [0.15, 0.2) is 0 Å². The summed E-state index contributed by atoms with van der Waals surface area (Å²) in [4.78, 5) is 0. The summed E-state index contributed by atoms with van der Waals surface area (Å²) in [5.74, 6) is 1.68. The van der Waals surface area contributed by atoms with Crippen molar-refractivity contribution >= 4 is 11.8 Å². The van der Waals surface area contributed by atoms with Crippen LogP contribution in [0, 0.1) is 22.2 Å². The minimum Gasteiger partial charge on any atom is -0.396 e. The van der Waals surface area contributed by atoms with Gasteiger partial charge in [0.05, 0.1) is 12.7 Å². The second kappa shape index (κ2) is 4.89. The van der Waals surface area contributed by atoms with E-state index in [4.69, 9.17) is 0 Å². The van der Waals surface area contributed by atoms with Crippen molar-refractivity contribution < 1.29 is 10.2 Å². The zero-order chi connectivity index (χ0) is 14.6. The Morgan fingerprint density at radius 3 is 2.60 bits per heavy atom. The zero-order valence-corrected chi connectivity index (χ0v) is 14.0. The molecule has 3 rings (SSSR count). The smallest absolute Gasteiger partial charge is 0.0594 e. The molecular weight excluding hydrogens is 268 g/mol. The zero-order valence-electron chi connectivity index (χ0n) is 13.2. The Morgan fingerprint density at radius 2 is 1.90 bits per heavy atom. The van der Waals surface area contributed by atoms with Crippen LogP contribution in [0.5, 0.6) is 0 Å². The van der Waals surface area contributed by atoms with Crippen molar-refractivity contribution in [1.82, 2.24) is 0 Å². The third-order valence-electron chi connectivity index (χ3n) is 6.83. The third-order valence-corrected chi connectivity index (χ3v) is 8.28. The minimum absolute atomic E-state index is 0.0960. The first-order valence-corrected chi connectivity index (χ1v) is 9.29. The largest absolute Gasteiger partial charge is 0.396 e. The lowest BCUT2D eigenvalue weighted by molar-refractivity contribution is -0.114. The molecule has 0 radical (unpaired) electrons. The van der Waals surface area contributed by atoms with Crippen LogP contribution in [0.4, 0.5) is 0 Å². The van der Waals surface area contributed by atoms with Crippen LogP contribution in [0.25, 0.3) is 0 Å². The molecule has 0 aromatic heterocycles. The molecule has 0 aromatic carbocycles. The van der Waals surface area contributed by atoms with Gasteiger partial charge in [0.15, 0.2) is 0 Å². The van der Waals surface area contributed by atoms with E-state index in [1.807, 2.05) is 11.8 Å². The summed E-state index contributed by atoms with van der Waals surface area (Å²) < 4.78 is 0. The van der Waals surface area contributed by atoms with Gasteiger partial charge >= 0.3 is 0 Å². The Labute approximate surface area is 127 Å². The molecule has 2 bridgehead atoms. The molecule has 0 heterocycles. The number of hydrogen-bond donors (Lipinski definition) is 2. The van der Waals surface area contributed by atoms with Crippen molar-refractivity contribution in [3.63, 3.8) is 0 Å². The van der Waals surface area contributed by atoms with Crippen molar-refractivity contribution in [2.45, 2.75) is 70.7 Å². The first-order valence-electron chi connectivity index (χ1n) is 8.25. The second-order valence-electron chi connectivity index (χ2n) is 8.49. The summed E-state index contributed by atoms with van der Waals surface area (Å²) in [5.41, 5.74) is 1.000. The summed E-state index contributed by atoms with van der Waals surface area (Å²) >= 11 is 2.00. The normalized spacial score (nSPS) is 50.0.